The third-order valence-corrected chi connectivity index (χ3v) is 3.85. The summed E-state index contributed by atoms with van der Waals surface area (Å²) in [5.41, 5.74) is 5.63. The van der Waals surface area contributed by atoms with Gasteiger partial charge in [0.1, 0.15) is 11.5 Å². The van der Waals surface area contributed by atoms with Crippen molar-refractivity contribution >= 4 is 11.8 Å². The van der Waals surface area contributed by atoms with Crippen LogP contribution < -0.4 is 10.9 Å². The predicted octanol–water partition coefficient (Wildman–Crippen LogP) is 2.13. The van der Waals surface area contributed by atoms with Crippen molar-refractivity contribution in [3.63, 3.8) is 0 Å². The second kappa shape index (κ2) is 7.08. The van der Waals surface area contributed by atoms with Crippen LogP contribution in [0.4, 0.5) is 4.39 Å². The molecule has 6 nitrogen and oxygen atoms in total. The van der Waals surface area contributed by atoms with E-state index in [0.29, 0.717) is 12.1 Å². The summed E-state index contributed by atoms with van der Waals surface area (Å²) in [7, 11) is 0. The average Bonchev–Trinajstić information content (AvgIpc) is 3.25. The Morgan fingerprint density at radius 3 is 2.75 bits per heavy atom. The molecule has 7 heteroatoms. The normalized spacial score (nSPS) is 16.1. The molecule has 0 radical (unpaired) electrons. The van der Waals surface area contributed by atoms with E-state index >= 15 is 0 Å². The molecule has 1 aliphatic rings. The highest BCUT2D eigenvalue weighted by Gasteiger charge is 2.16. The highest BCUT2D eigenvalue weighted by atomic mass is 19.1. The Morgan fingerprint density at radius 2 is 2.04 bits per heavy atom. The first kappa shape index (κ1) is 15.9. The Labute approximate surface area is 138 Å². The van der Waals surface area contributed by atoms with Crippen LogP contribution in [0, 0.1) is 11.7 Å². The third kappa shape index (κ3) is 3.68. The van der Waals surface area contributed by atoms with E-state index in [1.54, 1.807) is 12.1 Å². The van der Waals surface area contributed by atoms with Gasteiger partial charge in [-0.1, -0.05) is 12.2 Å². The van der Waals surface area contributed by atoms with Crippen molar-refractivity contribution in [1.82, 2.24) is 20.4 Å². The molecular weight excluding hydrogens is 311 g/mol. The van der Waals surface area contributed by atoms with Crippen LogP contribution in [0.2, 0.25) is 0 Å². The van der Waals surface area contributed by atoms with Gasteiger partial charge in [-0.05, 0) is 43.0 Å². The summed E-state index contributed by atoms with van der Waals surface area (Å²) in [5.74, 6) is -0.871. The summed E-state index contributed by atoms with van der Waals surface area (Å²) in [6.07, 6.45) is 9.19. The van der Waals surface area contributed by atoms with Gasteiger partial charge in [0.25, 0.3) is 5.91 Å². The number of nitrogens with one attached hydrogen (secondary N) is 2. The number of amides is 2. The molecule has 1 atom stereocenters. The molecule has 2 N–H and O–H groups in total. The molecule has 1 heterocycles. The minimum atomic E-state index is -0.493. The molecule has 1 aromatic carbocycles. The zero-order valence-corrected chi connectivity index (χ0v) is 12.9. The van der Waals surface area contributed by atoms with Crippen LogP contribution in [0.3, 0.4) is 0 Å². The van der Waals surface area contributed by atoms with Crippen LogP contribution in [0.15, 0.2) is 48.9 Å². The second-order valence-electron chi connectivity index (χ2n) is 5.60. The summed E-state index contributed by atoms with van der Waals surface area (Å²) < 4.78 is 14.5. The second-order valence-corrected chi connectivity index (χ2v) is 5.60. The zero-order valence-electron chi connectivity index (χ0n) is 12.9. The fourth-order valence-corrected chi connectivity index (χ4v) is 2.62. The lowest BCUT2D eigenvalue weighted by Crippen LogP contribution is -2.42. The molecule has 0 bridgehead atoms. The average molecular weight is 328 g/mol. The van der Waals surface area contributed by atoms with Gasteiger partial charge in [0.2, 0.25) is 5.91 Å². The maximum atomic E-state index is 13.0. The Balaban J connectivity index is 1.61. The fourth-order valence-electron chi connectivity index (χ4n) is 2.62. The van der Waals surface area contributed by atoms with E-state index in [2.05, 4.69) is 21.9 Å². The number of imidazole rings is 1. The quantitative estimate of drug-likeness (QED) is 0.667. The lowest BCUT2D eigenvalue weighted by Gasteiger charge is -2.11. The van der Waals surface area contributed by atoms with Crippen molar-refractivity contribution in [2.75, 3.05) is 0 Å². The van der Waals surface area contributed by atoms with Gasteiger partial charge in [0.05, 0.1) is 12.5 Å². The molecule has 0 unspecified atom stereocenters. The highest BCUT2D eigenvalue weighted by molar-refractivity contribution is 5.94. The van der Waals surface area contributed by atoms with Gasteiger partial charge in [-0.15, -0.1) is 0 Å². The van der Waals surface area contributed by atoms with Crippen LogP contribution in [-0.4, -0.2) is 21.4 Å². The largest absolute Gasteiger partial charge is 0.295 e. The predicted molar refractivity (Wildman–Crippen MR) is 85.6 cm³/mol. The molecular formula is C17H17FN4O2. The molecule has 0 saturated carbocycles. The lowest BCUT2D eigenvalue weighted by molar-refractivity contribution is -0.122. The summed E-state index contributed by atoms with van der Waals surface area (Å²) in [6.45, 7) is 0. The number of carbonyl (C=O) groups is 2. The summed E-state index contributed by atoms with van der Waals surface area (Å²) >= 11 is 0. The minimum absolute atomic E-state index is 0.228. The number of hydrogen-bond donors (Lipinski definition) is 2. The van der Waals surface area contributed by atoms with Crippen LogP contribution in [-0.2, 0) is 4.79 Å². The molecule has 0 spiro atoms. The van der Waals surface area contributed by atoms with E-state index in [0.717, 1.165) is 12.8 Å². The number of allylic oxidation sites excluding steroid dienone is 2. The van der Waals surface area contributed by atoms with Gasteiger partial charge in [-0.25, -0.2) is 9.37 Å². The number of rotatable bonds is 4. The number of aromatic nitrogens is 2. The molecule has 0 aliphatic heterocycles. The van der Waals surface area contributed by atoms with E-state index in [9.17, 15) is 14.0 Å². The van der Waals surface area contributed by atoms with Crippen LogP contribution in [0.25, 0.3) is 5.69 Å². The molecule has 0 saturated heterocycles. The zero-order chi connectivity index (χ0) is 16.9. The highest BCUT2D eigenvalue weighted by Crippen LogP contribution is 2.19. The van der Waals surface area contributed by atoms with Crippen molar-refractivity contribution < 1.29 is 14.0 Å². The summed E-state index contributed by atoms with van der Waals surface area (Å²) in [6, 6.07) is 5.68. The van der Waals surface area contributed by atoms with Crippen LogP contribution in [0.5, 0.6) is 0 Å². The summed E-state index contributed by atoms with van der Waals surface area (Å²) in [4.78, 5) is 28.0. The smallest absolute Gasteiger partial charge is 0.288 e. The molecule has 0 fully saturated rings. The standard InChI is InChI=1S/C17H17FN4O2/c18-13-5-7-14(8-6-13)22-11-19-10-15(22)17(24)21-20-16(23)9-12-3-1-2-4-12/h1,3,5-8,10-12H,2,4,9H2,(H,20,23)(H,21,24)/t12-/m1/s1. The minimum Gasteiger partial charge on any atom is -0.295 e. The Morgan fingerprint density at radius 1 is 1.25 bits per heavy atom. The molecule has 2 amide bonds. The lowest BCUT2D eigenvalue weighted by atomic mass is 10.1. The van der Waals surface area contributed by atoms with Gasteiger partial charge >= 0.3 is 0 Å². The fraction of sp³-hybridized carbons (Fsp3) is 0.235. The Bertz CT molecular complexity index is 767. The van der Waals surface area contributed by atoms with Crippen molar-refractivity contribution in [1.29, 1.82) is 0 Å². The maximum Gasteiger partial charge on any atom is 0.288 e. The Hall–Kier alpha value is -2.96. The van der Waals surface area contributed by atoms with E-state index in [-0.39, 0.29) is 23.3 Å². The molecule has 3 rings (SSSR count). The van der Waals surface area contributed by atoms with E-state index in [4.69, 9.17) is 0 Å². The molecule has 124 valence electrons. The number of hydrazine groups is 1. The van der Waals surface area contributed by atoms with E-state index in [1.165, 1.54) is 29.2 Å². The maximum absolute atomic E-state index is 13.0. The van der Waals surface area contributed by atoms with Crippen molar-refractivity contribution in [3.8, 4) is 5.69 Å². The summed E-state index contributed by atoms with van der Waals surface area (Å²) in [5, 5.41) is 0. The number of carbonyl (C=O) groups excluding carboxylic acids is 2. The molecule has 1 aliphatic carbocycles. The third-order valence-electron chi connectivity index (χ3n) is 3.85. The van der Waals surface area contributed by atoms with Crippen molar-refractivity contribution in [3.05, 3.63) is 60.5 Å². The number of halogens is 1. The van der Waals surface area contributed by atoms with Crippen LogP contribution in [0.1, 0.15) is 29.8 Å². The first-order valence-corrected chi connectivity index (χ1v) is 7.67. The topological polar surface area (TPSA) is 76.0 Å². The van der Waals surface area contributed by atoms with Gasteiger partial charge in [-0.2, -0.15) is 0 Å². The molecule has 1 aromatic heterocycles. The first-order chi connectivity index (χ1) is 11.6. The first-order valence-electron chi connectivity index (χ1n) is 7.67. The van der Waals surface area contributed by atoms with Crippen LogP contribution >= 0.6 is 0 Å². The van der Waals surface area contributed by atoms with Crippen molar-refractivity contribution in [2.45, 2.75) is 19.3 Å². The number of hydrogen-bond acceptors (Lipinski definition) is 3. The number of benzene rings is 1. The van der Waals surface area contributed by atoms with Gasteiger partial charge in [-0.3, -0.25) is 25.0 Å². The Kier molecular flexibility index (Phi) is 4.69. The molecule has 2 aromatic rings. The van der Waals surface area contributed by atoms with Gasteiger partial charge in [0.15, 0.2) is 0 Å². The molecule has 24 heavy (non-hydrogen) atoms. The van der Waals surface area contributed by atoms with E-state index in [1.807, 2.05) is 6.08 Å². The van der Waals surface area contributed by atoms with Gasteiger partial charge in [0, 0.05) is 12.1 Å². The van der Waals surface area contributed by atoms with E-state index < -0.39 is 5.91 Å². The number of nitrogens with zero attached hydrogens (tertiary/aromatic N) is 2. The SMILES string of the molecule is O=C(C[C@@H]1C=CCC1)NNC(=O)c1cncn1-c1ccc(F)cc1. The monoisotopic (exact) mass is 328 g/mol. The van der Waals surface area contributed by atoms with Gasteiger partial charge < -0.3 is 0 Å². The van der Waals surface area contributed by atoms with Crippen molar-refractivity contribution in [2.24, 2.45) is 5.92 Å².